The number of carbonyl (C=O) groups excluding carboxylic acids is 1. The van der Waals surface area contributed by atoms with Crippen LogP contribution in [0.5, 0.6) is 0 Å². The molecule has 1 rings (SSSR count). The Bertz CT molecular complexity index is 465. The zero-order chi connectivity index (χ0) is 13.7. The Morgan fingerprint density at radius 2 is 2.17 bits per heavy atom. The van der Waals surface area contributed by atoms with E-state index in [0.717, 1.165) is 4.47 Å². The van der Waals surface area contributed by atoms with Crippen molar-refractivity contribution in [2.45, 2.75) is 25.8 Å². The first-order chi connectivity index (χ1) is 8.40. The molecular formula is C12H13BrFNO3. The molecule has 4 nitrogen and oxygen atoms in total. The van der Waals surface area contributed by atoms with Gasteiger partial charge in [-0.2, -0.15) is 0 Å². The lowest BCUT2D eigenvalue weighted by Gasteiger charge is -2.09. The van der Waals surface area contributed by atoms with Crippen LogP contribution >= 0.6 is 15.9 Å². The van der Waals surface area contributed by atoms with Crippen molar-refractivity contribution in [1.82, 2.24) is 5.32 Å². The molecule has 0 saturated carbocycles. The van der Waals surface area contributed by atoms with Crippen LogP contribution in [0.25, 0.3) is 0 Å². The summed E-state index contributed by atoms with van der Waals surface area (Å²) in [6.45, 7) is 1.39. The van der Waals surface area contributed by atoms with Crippen molar-refractivity contribution in [3.63, 3.8) is 0 Å². The van der Waals surface area contributed by atoms with Crippen LogP contribution in [0.1, 0.15) is 18.9 Å². The van der Waals surface area contributed by atoms with E-state index in [1.807, 2.05) is 0 Å². The molecule has 0 saturated heterocycles. The molecular weight excluding hydrogens is 305 g/mol. The fourth-order valence-electron chi connectivity index (χ4n) is 1.36. The number of carbonyl (C=O) groups is 2. The van der Waals surface area contributed by atoms with Gasteiger partial charge >= 0.3 is 5.97 Å². The predicted molar refractivity (Wildman–Crippen MR) is 67.7 cm³/mol. The number of nitrogens with one attached hydrogen (secondary N) is 1. The van der Waals surface area contributed by atoms with Gasteiger partial charge in [0.15, 0.2) is 0 Å². The first kappa shape index (κ1) is 14.6. The van der Waals surface area contributed by atoms with Crippen LogP contribution in [0.3, 0.4) is 0 Å². The fourth-order valence-corrected chi connectivity index (χ4v) is 1.80. The zero-order valence-corrected chi connectivity index (χ0v) is 11.3. The maximum Gasteiger partial charge on any atom is 0.325 e. The lowest BCUT2D eigenvalue weighted by atomic mass is 10.1. The van der Waals surface area contributed by atoms with Crippen LogP contribution in [0.4, 0.5) is 4.39 Å². The smallest absolute Gasteiger partial charge is 0.325 e. The highest BCUT2D eigenvalue weighted by Crippen LogP contribution is 2.19. The number of hydrogen-bond acceptors (Lipinski definition) is 2. The van der Waals surface area contributed by atoms with E-state index in [1.165, 1.54) is 19.1 Å². The highest BCUT2D eigenvalue weighted by atomic mass is 79.9. The van der Waals surface area contributed by atoms with Gasteiger partial charge in [-0.3, -0.25) is 9.59 Å². The summed E-state index contributed by atoms with van der Waals surface area (Å²) >= 11 is 3.26. The Balaban J connectivity index is 2.52. The number of aliphatic carboxylic acids is 1. The predicted octanol–water partition coefficient (Wildman–Crippen LogP) is 2.11. The van der Waals surface area contributed by atoms with Gasteiger partial charge in [0.05, 0.1) is 0 Å². The fraction of sp³-hybridized carbons (Fsp3) is 0.333. The second kappa shape index (κ2) is 6.49. The van der Waals surface area contributed by atoms with Gasteiger partial charge in [-0.05, 0) is 37.1 Å². The first-order valence-electron chi connectivity index (χ1n) is 5.36. The normalized spacial score (nSPS) is 11.9. The Kier molecular flexibility index (Phi) is 5.27. The summed E-state index contributed by atoms with van der Waals surface area (Å²) in [4.78, 5) is 22.0. The van der Waals surface area contributed by atoms with Gasteiger partial charge in [0.25, 0.3) is 0 Å². The minimum Gasteiger partial charge on any atom is -0.480 e. The topological polar surface area (TPSA) is 66.4 Å². The molecule has 0 fully saturated rings. The van der Waals surface area contributed by atoms with Gasteiger partial charge in [0.2, 0.25) is 5.91 Å². The Morgan fingerprint density at radius 1 is 1.50 bits per heavy atom. The van der Waals surface area contributed by atoms with Crippen LogP contribution in [0, 0.1) is 5.82 Å². The lowest BCUT2D eigenvalue weighted by molar-refractivity contribution is -0.141. The van der Waals surface area contributed by atoms with Crippen molar-refractivity contribution in [2.75, 3.05) is 0 Å². The van der Waals surface area contributed by atoms with E-state index in [1.54, 1.807) is 6.07 Å². The first-order valence-corrected chi connectivity index (χ1v) is 6.15. The molecule has 0 aliphatic carbocycles. The van der Waals surface area contributed by atoms with Crippen molar-refractivity contribution in [2.24, 2.45) is 0 Å². The van der Waals surface area contributed by atoms with Crippen LogP contribution in [0.2, 0.25) is 0 Å². The number of rotatable bonds is 5. The molecule has 1 amide bonds. The molecule has 0 unspecified atom stereocenters. The van der Waals surface area contributed by atoms with Crippen molar-refractivity contribution < 1.29 is 19.1 Å². The molecule has 0 heterocycles. The summed E-state index contributed by atoms with van der Waals surface area (Å²) in [5.74, 6) is -1.83. The molecule has 0 bridgehead atoms. The largest absolute Gasteiger partial charge is 0.480 e. The van der Waals surface area contributed by atoms with E-state index in [2.05, 4.69) is 21.2 Å². The highest BCUT2D eigenvalue weighted by Gasteiger charge is 2.14. The molecule has 6 heteroatoms. The maximum absolute atomic E-state index is 13.0. The molecule has 1 aromatic rings. The molecule has 0 aliphatic heterocycles. The highest BCUT2D eigenvalue weighted by molar-refractivity contribution is 9.10. The van der Waals surface area contributed by atoms with Crippen LogP contribution in [0.15, 0.2) is 22.7 Å². The molecule has 0 spiro atoms. The van der Waals surface area contributed by atoms with Crippen LogP contribution in [-0.4, -0.2) is 23.0 Å². The average Bonchev–Trinajstić information content (AvgIpc) is 2.30. The molecule has 0 aromatic heterocycles. The third-order valence-electron chi connectivity index (χ3n) is 2.38. The molecule has 1 atom stereocenters. The SMILES string of the molecule is C[C@@H](NC(=O)CCc1cc(F)ccc1Br)C(=O)O. The van der Waals surface area contributed by atoms with Gasteiger partial charge in [0.1, 0.15) is 11.9 Å². The van der Waals surface area contributed by atoms with E-state index in [9.17, 15) is 14.0 Å². The van der Waals surface area contributed by atoms with Crippen molar-refractivity contribution in [1.29, 1.82) is 0 Å². The summed E-state index contributed by atoms with van der Waals surface area (Å²) in [5, 5.41) is 11.0. The van der Waals surface area contributed by atoms with E-state index < -0.39 is 12.0 Å². The van der Waals surface area contributed by atoms with Crippen LogP contribution < -0.4 is 5.32 Å². The molecule has 1 aromatic carbocycles. The van der Waals surface area contributed by atoms with Gasteiger partial charge in [-0.1, -0.05) is 15.9 Å². The monoisotopic (exact) mass is 317 g/mol. The van der Waals surface area contributed by atoms with E-state index in [0.29, 0.717) is 12.0 Å². The summed E-state index contributed by atoms with van der Waals surface area (Å²) < 4.78 is 13.7. The van der Waals surface area contributed by atoms with Crippen molar-refractivity contribution >= 4 is 27.8 Å². The third kappa shape index (κ3) is 4.44. The summed E-state index contributed by atoms with van der Waals surface area (Å²) in [5.41, 5.74) is 0.674. The van der Waals surface area contributed by atoms with Gasteiger partial charge in [-0.15, -0.1) is 0 Å². The Labute approximate surface area is 112 Å². The van der Waals surface area contributed by atoms with Crippen molar-refractivity contribution in [3.8, 4) is 0 Å². The zero-order valence-electron chi connectivity index (χ0n) is 9.74. The van der Waals surface area contributed by atoms with E-state index >= 15 is 0 Å². The quantitative estimate of drug-likeness (QED) is 0.874. The summed E-state index contributed by atoms with van der Waals surface area (Å²) in [7, 11) is 0. The van der Waals surface area contributed by atoms with Gasteiger partial charge in [-0.25, -0.2) is 4.39 Å². The number of amides is 1. The van der Waals surface area contributed by atoms with Crippen LogP contribution in [-0.2, 0) is 16.0 Å². The second-order valence-electron chi connectivity index (χ2n) is 3.86. The molecule has 2 N–H and O–H groups in total. The number of benzene rings is 1. The average molecular weight is 318 g/mol. The minimum atomic E-state index is -1.09. The molecule has 18 heavy (non-hydrogen) atoms. The molecule has 0 radical (unpaired) electrons. The molecule has 98 valence electrons. The Morgan fingerprint density at radius 3 is 2.78 bits per heavy atom. The third-order valence-corrected chi connectivity index (χ3v) is 3.15. The number of carboxylic acid groups (broad SMARTS) is 1. The molecule has 0 aliphatic rings. The summed E-state index contributed by atoms with van der Waals surface area (Å²) in [6.07, 6.45) is 0.455. The lowest BCUT2D eigenvalue weighted by Crippen LogP contribution is -2.38. The van der Waals surface area contributed by atoms with Gasteiger partial charge in [0, 0.05) is 10.9 Å². The minimum absolute atomic E-state index is 0.111. The number of aryl methyl sites for hydroxylation is 1. The second-order valence-corrected chi connectivity index (χ2v) is 4.72. The van der Waals surface area contributed by atoms with Crippen molar-refractivity contribution in [3.05, 3.63) is 34.1 Å². The number of halogens is 2. The van der Waals surface area contributed by atoms with E-state index in [4.69, 9.17) is 5.11 Å². The summed E-state index contributed by atoms with van der Waals surface area (Å²) in [6, 6.07) is 3.31. The Hall–Kier alpha value is -1.43. The van der Waals surface area contributed by atoms with E-state index in [-0.39, 0.29) is 18.1 Å². The standard InChI is InChI=1S/C12H13BrFNO3/c1-7(12(17)18)15-11(16)5-2-8-6-9(14)3-4-10(8)13/h3-4,6-7H,2,5H2,1H3,(H,15,16)(H,17,18)/t7-/m1/s1. The maximum atomic E-state index is 13.0. The number of carboxylic acids is 1. The van der Waals surface area contributed by atoms with Gasteiger partial charge < -0.3 is 10.4 Å². The number of hydrogen-bond donors (Lipinski definition) is 2.